The van der Waals surface area contributed by atoms with Crippen LogP contribution < -0.4 is 5.32 Å². The topological polar surface area (TPSA) is 32.3 Å². The molecule has 0 amide bonds. The molecule has 0 saturated carbocycles. The molecule has 1 aromatic carbocycles. The van der Waals surface area contributed by atoms with Gasteiger partial charge in [0.05, 0.1) is 12.1 Å². The molecule has 0 aromatic heterocycles. The van der Waals surface area contributed by atoms with E-state index in [1.165, 1.54) is 0 Å². The number of hydrogen-bond acceptors (Lipinski definition) is 2. The zero-order chi connectivity index (χ0) is 9.10. The van der Waals surface area contributed by atoms with Crippen molar-refractivity contribution in [3.8, 4) is 0 Å². The minimum atomic E-state index is -0.278. The Morgan fingerprint density at radius 1 is 1.23 bits per heavy atom. The second-order valence-corrected chi connectivity index (χ2v) is 3.27. The maximum Gasteiger partial charge on any atom is 0.0811 e. The predicted octanol–water partition coefficient (Wildman–Crippen LogP) is 1.79. The molecule has 0 aliphatic heterocycles. The highest BCUT2D eigenvalue weighted by molar-refractivity contribution is 5.45. The van der Waals surface area contributed by atoms with Gasteiger partial charge in [-0.25, -0.2) is 0 Å². The third kappa shape index (κ3) is 1.90. The fraction of sp³-hybridized carbons (Fsp3) is 0.273. The van der Waals surface area contributed by atoms with Crippen molar-refractivity contribution in [3.05, 3.63) is 42.5 Å². The fourth-order valence-corrected chi connectivity index (χ4v) is 1.51. The first-order chi connectivity index (χ1) is 6.36. The molecule has 13 heavy (non-hydrogen) atoms. The maximum absolute atomic E-state index is 9.53. The van der Waals surface area contributed by atoms with Gasteiger partial charge < -0.3 is 10.4 Å². The van der Waals surface area contributed by atoms with Gasteiger partial charge in [0.15, 0.2) is 0 Å². The lowest BCUT2D eigenvalue weighted by Crippen LogP contribution is -2.27. The summed E-state index contributed by atoms with van der Waals surface area (Å²) in [6, 6.07) is 10.0. The van der Waals surface area contributed by atoms with E-state index < -0.39 is 0 Å². The van der Waals surface area contributed by atoms with E-state index in [4.69, 9.17) is 0 Å². The van der Waals surface area contributed by atoms with Crippen LogP contribution in [0.4, 0.5) is 5.69 Å². The Labute approximate surface area is 77.9 Å². The summed E-state index contributed by atoms with van der Waals surface area (Å²) in [7, 11) is 0. The lowest BCUT2D eigenvalue weighted by atomic mass is 10.2. The van der Waals surface area contributed by atoms with E-state index in [9.17, 15) is 5.11 Å². The summed E-state index contributed by atoms with van der Waals surface area (Å²) in [6.07, 6.45) is 4.49. The van der Waals surface area contributed by atoms with Crippen molar-refractivity contribution in [1.29, 1.82) is 0 Å². The number of aliphatic hydroxyl groups is 1. The summed E-state index contributed by atoms with van der Waals surface area (Å²) in [6.45, 7) is 0. The molecule has 2 heteroatoms. The molecule has 0 spiro atoms. The molecule has 2 rings (SSSR count). The van der Waals surface area contributed by atoms with Crippen molar-refractivity contribution in [2.45, 2.75) is 18.6 Å². The van der Waals surface area contributed by atoms with Crippen molar-refractivity contribution in [2.75, 3.05) is 5.32 Å². The lowest BCUT2D eigenvalue weighted by Gasteiger charge is -2.16. The number of nitrogens with one attached hydrogen (secondary N) is 1. The normalized spacial score (nSPS) is 26.2. The molecule has 68 valence electrons. The molecule has 1 aromatic rings. The van der Waals surface area contributed by atoms with Gasteiger partial charge in [0.1, 0.15) is 0 Å². The Hall–Kier alpha value is -1.28. The Bertz CT molecular complexity index is 294. The van der Waals surface area contributed by atoms with E-state index in [0.717, 1.165) is 12.1 Å². The fourth-order valence-electron chi connectivity index (χ4n) is 1.51. The van der Waals surface area contributed by atoms with Gasteiger partial charge in [0.25, 0.3) is 0 Å². The lowest BCUT2D eigenvalue weighted by molar-refractivity contribution is 0.179. The van der Waals surface area contributed by atoms with E-state index >= 15 is 0 Å². The number of para-hydroxylation sites is 1. The number of aliphatic hydroxyl groups excluding tert-OH is 1. The standard InChI is InChI=1S/C11H13NO/c13-11-8-4-7-10(11)12-9-5-2-1-3-6-9/h1-7,10-13H,8H2/t10-,11-/m1/s1. The monoisotopic (exact) mass is 175 g/mol. The Morgan fingerprint density at radius 3 is 2.62 bits per heavy atom. The first-order valence-corrected chi connectivity index (χ1v) is 4.52. The Balaban J connectivity index is 2.02. The zero-order valence-corrected chi connectivity index (χ0v) is 7.35. The highest BCUT2D eigenvalue weighted by atomic mass is 16.3. The van der Waals surface area contributed by atoms with Crippen LogP contribution in [-0.4, -0.2) is 17.3 Å². The van der Waals surface area contributed by atoms with Crippen LogP contribution in [0, 0.1) is 0 Å². The number of rotatable bonds is 2. The summed E-state index contributed by atoms with van der Waals surface area (Å²) in [5, 5.41) is 12.8. The quantitative estimate of drug-likeness (QED) is 0.672. The first-order valence-electron chi connectivity index (χ1n) is 4.52. The van der Waals surface area contributed by atoms with Gasteiger partial charge in [0, 0.05) is 5.69 Å². The van der Waals surface area contributed by atoms with Gasteiger partial charge in [-0.1, -0.05) is 30.4 Å². The highest BCUT2D eigenvalue weighted by Crippen LogP contribution is 2.16. The van der Waals surface area contributed by atoms with Gasteiger partial charge >= 0.3 is 0 Å². The van der Waals surface area contributed by atoms with Gasteiger partial charge in [-0.3, -0.25) is 0 Å². The average molecular weight is 175 g/mol. The SMILES string of the molecule is O[C@@H]1CC=C[C@H]1Nc1ccccc1. The molecule has 2 nitrogen and oxygen atoms in total. The van der Waals surface area contributed by atoms with Crippen LogP contribution in [-0.2, 0) is 0 Å². The average Bonchev–Trinajstić information content (AvgIpc) is 2.54. The Kier molecular flexibility index (Phi) is 2.32. The summed E-state index contributed by atoms with van der Waals surface area (Å²) in [5.74, 6) is 0. The molecule has 0 unspecified atom stereocenters. The second kappa shape index (κ2) is 3.62. The predicted molar refractivity (Wildman–Crippen MR) is 53.6 cm³/mol. The van der Waals surface area contributed by atoms with Crippen molar-refractivity contribution in [3.63, 3.8) is 0 Å². The summed E-state index contributed by atoms with van der Waals surface area (Å²) in [5.41, 5.74) is 1.05. The molecule has 0 bridgehead atoms. The van der Waals surface area contributed by atoms with Crippen LogP contribution in [0.15, 0.2) is 42.5 Å². The largest absolute Gasteiger partial charge is 0.390 e. The van der Waals surface area contributed by atoms with Crippen LogP contribution in [0.3, 0.4) is 0 Å². The molecular formula is C11H13NO. The van der Waals surface area contributed by atoms with Crippen LogP contribution >= 0.6 is 0 Å². The third-order valence-electron chi connectivity index (χ3n) is 2.24. The molecule has 0 fully saturated rings. The Morgan fingerprint density at radius 2 is 2.00 bits per heavy atom. The van der Waals surface area contributed by atoms with Crippen LogP contribution in [0.2, 0.25) is 0 Å². The molecule has 2 N–H and O–H groups in total. The zero-order valence-electron chi connectivity index (χ0n) is 7.35. The maximum atomic E-state index is 9.53. The number of hydrogen-bond donors (Lipinski definition) is 2. The van der Waals surface area contributed by atoms with Crippen LogP contribution in [0.1, 0.15) is 6.42 Å². The van der Waals surface area contributed by atoms with E-state index in [-0.39, 0.29) is 12.1 Å². The van der Waals surface area contributed by atoms with Crippen LogP contribution in [0.5, 0.6) is 0 Å². The van der Waals surface area contributed by atoms with E-state index in [2.05, 4.69) is 5.32 Å². The molecule has 0 heterocycles. The van der Waals surface area contributed by atoms with Gasteiger partial charge in [-0.05, 0) is 18.6 Å². The molecule has 0 saturated heterocycles. The van der Waals surface area contributed by atoms with Gasteiger partial charge in [0.2, 0.25) is 0 Å². The van der Waals surface area contributed by atoms with E-state index in [1.807, 2.05) is 42.5 Å². The van der Waals surface area contributed by atoms with Gasteiger partial charge in [-0.2, -0.15) is 0 Å². The van der Waals surface area contributed by atoms with Gasteiger partial charge in [-0.15, -0.1) is 0 Å². The van der Waals surface area contributed by atoms with Crippen molar-refractivity contribution in [2.24, 2.45) is 0 Å². The van der Waals surface area contributed by atoms with E-state index in [0.29, 0.717) is 0 Å². The minimum absolute atomic E-state index is 0.0717. The highest BCUT2D eigenvalue weighted by Gasteiger charge is 2.19. The van der Waals surface area contributed by atoms with E-state index in [1.54, 1.807) is 0 Å². The summed E-state index contributed by atoms with van der Waals surface area (Å²) in [4.78, 5) is 0. The molecule has 2 atom stereocenters. The first kappa shape index (κ1) is 8.32. The molecule has 1 aliphatic carbocycles. The smallest absolute Gasteiger partial charge is 0.0811 e. The van der Waals surface area contributed by atoms with Crippen molar-refractivity contribution >= 4 is 5.69 Å². The molecular weight excluding hydrogens is 162 g/mol. The van der Waals surface area contributed by atoms with Crippen LogP contribution in [0.25, 0.3) is 0 Å². The summed E-state index contributed by atoms with van der Waals surface area (Å²) < 4.78 is 0. The number of anilines is 1. The summed E-state index contributed by atoms with van der Waals surface area (Å²) >= 11 is 0. The number of benzene rings is 1. The third-order valence-corrected chi connectivity index (χ3v) is 2.24. The molecule has 0 radical (unpaired) electrons. The van der Waals surface area contributed by atoms with Crippen molar-refractivity contribution < 1.29 is 5.11 Å². The minimum Gasteiger partial charge on any atom is -0.390 e. The molecule has 1 aliphatic rings. The second-order valence-electron chi connectivity index (χ2n) is 3.27. The van der Waals surface area contributed by atoms with Crippen molar-refractivity contribution in [1.82, 2.24) is 0 Å².